The van der Waals surface area contributed by atoms with Gasteiger partial charge in [-0.15, -0.1) is 11.8 Å². The van der Waals surface area contributed by atoms with Gasteiger partial charge in [0.25, 0.3) is 11.5 Å². The van der Waals surface area contributed by atoms with Crippen LogP contribution in [0.15, 0.2) is 15.8 Å². The second-order valence-corrected chi connectivity index (χ2v) is 14.7. The van der Waals surface area contributed by atoms with Gasteiger partial charge >= 0.3 is 5.69 Å². The van der Waals surface area contributed by atoms with Crippen molar-refractivity contribution in [1.82, 2.24) is 9.55 Å². The lowest BCUT2D eigenvalue weighted by molar-refractivity contribution is -0.291. The summed E-state index contributed by atoms with van der Waals surface area (Å²) >= 11 is 0.972. The zero-order chi connectivity index (χ0) is 19.9. The summed E-state index contributed by atoms with van der Waals surface area (Å²) < 4.78 is 5.93. The van der Waals surface area contributed by atoms with E-state index in [0.29, 0.717) is 10.3 Å². The number of aliphatic hydroxyl groups is 4. The van der Waals surface area contributed by atoms with Gasteiger partial charge in [0.1, 0.15) is 6.10 Å². The van der Waals surface area contributed by atoms with Crippen molar-refractivity contribution >= 4 is 19.8 Å². The van der Waals surface area contributed by atoms with Crippen molar-refractivity contribution in [3.05, 3.63) is 32.6 Å². The van der Waals surface area contributed by atoms with Crippen LogP contribution in [0.1, 0.15) is 5.56 Å². The molecule has 0 saturated carbocycles. The van der Waals surface area contributed by atoms with E-state index in [4.69, 9.17) is 4.74 Å². The van der Waals surface area contributed by atoms with E-state index < -0.39 is 49.0 Å². The fourth-order valence-electron chi connectivity index (χ4n) is 2.66. The number of nitrogens with one attached hydrogen (secondary N) is 1. The molecule has 1 aliphatic rings. The largest absolute Gasteiger partial charge is 0.394 e. The zero-order valence-corrected chi connectivity index (χ0v) is 17.0. The van der Waals surface area contributed by atoms with E-state index in [-0.39, 0.29) is 5.56 Å². The number of hydrogen-bond donors (Lipinski definition) is 5. The quantitative estimate of drug-likeness (QED) is 0.298. The van der Waals surface area contributed by atoms with Gasteiger partial charge in [0, 0.05) is 19.8 Å². The first-order valence-corrected chi connectivity index (χ1v) is 12.9. The van der Waals surface area contributed by atoms with Crippen LogP contribution in [0.3, 0.4) is 0 Å². The fraction of sp³-hybridized carbons (Fsp3) is 0.733. The average molecular weight is 407 g/mol. The molecular weight excluding hydrogens is 380 g/mol. The molecule has 0 unspecified atom stereocenters. The summed E-state index contributed by atoms with van der Waals surface area (Å²) in [6.07, 6.45) is -2.22. The van der Waals surface area contributed by atoms with E-state index in [0.717, 1.165) is 24.0 Å². The highest BCUT2D eigenvalue weighted by Crippen LogP contribution is 2.46. The Morgan fingerprint density at radius 3 is 2.50 bits per heavy atom. The van der Waals surface area contributed by atoms with Crippen LogP contribution in [0.2, 0.25) is 25.7 Å². The molecule has 0 spiro atoms. The van der Waals surface area contributed by atoms with Gasteiger partial charge in [0.15, 0.2) is 11.0 Å². The monoisotopic (exact) mass is 406 g/mol. The number of aromatic amines is 1. The van der Waals surface area contributed by atoms with Gasteiger partial charge < -0.3 is 25.2 Å². The van der Waals surface area contributed by atoms with Gasteiger partial charge in [-0.05, 0) is 18.7 Å². The van der Waals surface area contributed by atoms with E-state index in [2.05, 4.69) is 19.6 Å². The van der Waals surface area contributed by atoms with Crippen LogP contribution in [0.25, 0.3) is 0 Å². The zero-order valence-electron chi connectivity index (χ0n) is 15.2. The first-order chi connectivity index (χ1) is 11.8. The highest BCUT2D eigenvalue weighted by molar-refractivity contribution is 8.00. The molecule has 5 N–H and O–H groups in total. The number of thioether (sulfide) groups is 1. The van der Waals surface area contributed by atoms with Crippen LogP contribution in [-0.4, -0.2) is 67.6 Å². The summed E-state index contributed by atoms with van der Waals surface area (Å²) in [5, 5.41) is 41.9. The van der Waals surface area contributed by atoms with Gasteiger partial charge in [-0.2, -0.15) is 0 Å². The van der Waals surface area contributed by atoms with Gasteiger partial charge in [-0.25, -0.2) is 9.36 Å². The van der Waals surface area contributed by atoms with Crippen molar-refractivity contribution in [1.29, 1.82) is 0 Å². The average Bonchev–Trinajstić information content (AvgIpc) is 2.71. The Balaban J connectivity index is 2.39. The summed E-state index contributed by atoms with van der Waals surface area (Å²) in [5.41, 5.74) is -1.53. The molecular formula is C15H26N2O7SSi. The van der Waals surface area contributed by atoms with Crippen LogP contribution >= 0.6 is 11.8 Å². The number of ether oxygens (including phenoxy) is 1. The lowest BCUT2D eigenvalue weighted by Gasteiger charge is -2.32. The standard InChI is InChI=1S/C15H26N2O7SSi/c1-9-7-17(13(21)16-11(9)19)15(23)12(20)14(22,10(8-18)24-15)25-5-6-26(2,3)4/h7,10,12,18,20,22-23H,5-6,8H2,1-4H3,(H,16,19,21)/t10-,12-,14-,15-/m1/s1. The maximum Gasteiger partial charge on any atom is 0.332 e. The lowest BCUT2D eigenvalue weighted by atomic mass is 10.1. The lowest BCUT2D eigenvalue weighted by Crippen LogP contribution is -2.55. The molecule has 2 rings (SSSR count). The van der Waals surface area contributed by atoms with Crippen molar-refractivity contribution in [2.24, 2.45) is 0 Å². The van der Waals surface area contributed by atoms with Crippen LogP contribution < -0.4 is 11.2 Å². The molecule has 148 valence electrons. The van der Waals surface area contributed by atoms with E-state index in [1.54, 1.807) is 0 Å². The Hall–Kier alpha value is -0.953. The first-order valence-electron chi connectivity index (χ1n) is 8.23. The SMILES string of the molecule is Cc1cn([C@]2(O)O[C@H](CO)[C@@](O)(SCC[Si](C)(C)C)[C@H]2O)c(=O)[nH]c1=O. The maximum absolute atomic E-state index is 12.1. The summed E-state index contributed by atoms with van der Waals surface area (Å²) in [4.78, 5) is 23.6. The molecule has 1 fully saturated rings. The van der Waals surface area contributed by atoms with Gasteiger partial charge in [-0.3, -0.25) is 9.78 Å². The Bertz CT molecular complexity index is 776. The number of hydrogen-bond acceptors (Lipinski definition) is 8. The maximum atomic E-state index is 12.1. The van der Waals surface area contributed by atoms with E-state index in [1.807, 2.05) is 4.98 Å². The van der Waals surface area contributed by atoms with Crippen LogP contribution in [0, 0.1) is 6.92 Å². The number of rotatable bonds is 6. The third kappa shape index (κ3) is 3.83. The van der Waals surface area contributed by atoms with Crippen molar-refractivity contribution in [2.45, 2.75) is 55.7 Å². The van der Waals surface area contributed by atoms with Crippen LogP contribution in [0.5, 0.6) is 0 Å². The summed E-state index contributed by atoms with van der Waals surface area (Å²) in [6.45, 7) is 7.20. The van der Waals surface area contributed by atoms with Crippen LogP contribution in [0.4, 0.5) is 0 Å². The molecule has 1 aliphatic heterocycles. The molecule has 4 atom stereocenters. The minimum Gasteiger partial charge on any atom is -0.394 e. The third-order valence-corrected chi connectivity index (χ3v) is 7.81. The number of aliphatic hydroxyl groups excluding tert-OH is 2. The van der Waals surface area contributed by atoms with Crippen molar-refractivity contribution in [2.75, 3.05) is 12.4 Å². The minimum absolute atomic E-state index is 0.108. The Labute approximate surface area is 155 Å². The number of H-pyrrole nitrogens is 1. The van der Waals surface area contributed by atoms with Gasteiger partial charge in [0.2, 0.25) is 0 Å². The number of aromatic nitrogens is 2. The molecule has 0 aromatic carbocycles. The predicted molar refractivity (Wildman–Crippen MR) is 99.8 cm³/mol. The fourth-order valence-corrected chi connectivity index (χ4v) is 6.46. The molecule has 1 aromatic rings. The normalized spacial score (nSPS) is 32.2. The molecule has 1 saturated heterocycles. The number of aryl methyl sites for hydroxylation is 1. The Kier molecular flexibility index (Phi) is 5.93. The smallest absolute Gasteiger partial charge is 0.332 e. The predicted octanol–water partition coefficient (Wildman–Crippen LogP) is -1.04. The molecule has 1 aromatic heterocycles. The molecule has 0 amide bonds. The van der Waals surface area contributed by atoms with E-state index >= 15 is 0 Å². The summed E-state index contributed by atoms with van der Waals surface area (Å²) in [5.74, 6) is -2.14. The molecule has 0 aliphatic carbocycles. The second-order valence-electron chi connectivity index (χ2n) is 7.70. The van der Waals surface area contributed by atoms with Crippen molar-refractivity contribution < 1.29 is 25.2 Å². The topological polar surface area (TPSA) is 145 Å². The van der Waals surface area contributed by atoms with Gasteiger partial charge in [-0.1, -0.05) is 19.6 Å². The summed E-state index contributed by atoms with van der Waals surface area (Å²) in [6, 6.07) is 0.834. The second kappa shape index (κ2) is 7.22. The molecule has 26 heavy (non-hydrogen) atoms. The van der Waals surface area contributed by atoms with E-state index in [9.17, 15) is 30.0 Å². The Morgan fingerprint density at radius 1 is 1.35 bits per heavy atom. The minimum atomic E-state index is -2.62. The van der Waals surface area contributed by atoms with Crippen LogP contribution in [-0.2, 0) is 10.6 Å². The van der Waals surface area contributed by atoms with Gasteiger partial charge in [0.05, 0.1) is 6.61 Å². The third-order valence-electron chi connectivity index (χ3n) is 4.34. The number of nitrogens with zero attached hydrogens (tertiary/aromatic N) is 1. The van der Waals surface area contributed by atoms with Crippen molar-refractivity contribution in [3.63, 3.8) is 0 Å². The van der Waals surface area contributed by atoms with Crippen molar-refractivity contribution in [3.8, 4) is 0 Å². The molecule has 2 heterocycles. The first kappa shape index (κ1) is 21.3. The molecule has 11 heteroatoms. The highest BCUT2D eigenvalue weighted by Gasteiger charge is 2.64. The molecule has 0 bridgehead atoms. The highest BCUT2D eigenvalue weighted by atomic mass is 32.2. The summed E-state index contributed by atoms with van der Waals surface area (Å²) in [7, 11) is -1.41. The molecule has 9 nitrogen and oxygen atoms in total. The molecule has 0 radical (unpaired) electrons. The van der Waals surface area contributed by atoms with E-state index in [1.165, 1.54) is 6.92 Å². The Morgan fingerprint density at radius 2 is 1.96 bits per heavy atom.